The highest BCUT2D eigenvalue weighted by Gasteiger charge is 2.39. The number of nitrogens with one attached hydrogen (secondary N) is 1. The number of hydrogen-bond acceptors (Lipinski definition) is 3. The highest BCUT2D eigenvalue weighted by molar-refractivity contribution is 5.76. The summed E-state index contributed by atoms with van der Waals surface area (Å²) in [7, 11) is 0. The summed E-state index contributed by atoms with van der Waals surface area (Å²) in [6.07, 6.45) is 8.09. The predicted molar refractivity (Wildman–Crippen MR) is 105 cm³/mol. The van der Waals surface area contributed by atoms with Crippen molar-refractivity contribution >= 4 is 5.91 Å². The number of piperidine rings is 2. The summed E-state index contributed by atoms with van der Waals surface area (Å²) in [6, 6.07) is 12.2. The van der Waals surface area contributed by atoms with Crippen molar-refractivity contribution in [2.24, 2.45) is 0 Å². The van der Waals surface area contributed by atoms with Gasteiger partial charge in [0.2, 0.25) is 5.91 Å². The summed E-state index contributed by atoms with van der Waals surface area (Å²) in [5.41, 5.74) is 1.48. The first kappa shape index (κ1) is 18.0. The van der Waals surface area contributed by atoms with E-state index in [9.17, 15) is 4.79 Å². The van der Waals surface area contributed by atoms with Crippen LogP contribution in [0.5, 0.6) is 0 Å². The lowest BCUT2D eigenvalue weighted by Crippen LogP contribution is -2.45. The van der Waals surface area contributed by atoms with Crippen LogP contribution in [-0.4, -0.2) is 60.5 Å². The summed E-state index contributed by atoms with van der Waals surface area (Å²) >= 11 is 0. The number of nitrogens with zero attached hydrogens (tertiary/aromatic N) is 2. The van der Waals surface area contributed by atoms with Crippen molar-refractivity contribution < 1.29 is 4.79 Å². The van der Waals surface area contributed by atoms with Crippen LogP contribution in [0.4, 0.5) is 0 Å². The highest BCUT2D eigenvalue weighted by Crippen LogP contribution is 2.41. The van der Waals surface area contributed by atoms with Crippen LogP contribution in [0.25, 0.3) is 0 Å². The Bertz CT molecular complexity index is 576. The largest absolute Gasteiger partial charge is 0.343 e. The molecular formula is C22H33N3O. The molecule has 1 amide bonds. The predicted octanol–water partition coefficient (Wildman–Crippen LogP) is 3.00. The minimum Gasteiger partial charge on any atom is -0.343 e. The Balaban J connectivity index is 1.13. The maximum Gasteiger partial charge on any atom is 0.223 e. The van der Waals surface area contributed by atoms with Crippen LogP contribution < -0.4 is 5.32 Å². The third-order valence-electron chi connectivity index (χ3n) is 6.41. The fraction of sp³-hybridized carbons (Fsp3) is 0.682. The van der Waals surface area contributed by atoms with Crippen LogP contribution >= 0.6 is 0 Å². The van der Waals surface area contributed by atoms with Crippen LogP contribution in [-0.2, 0) is 4.79 Å². The molecule has 142 valence electrons. The Morgan fingerprint density at radius 1 is 1.00 bits per heavy atom. The molecule has 1 aromatic rings. The second kappa shape index (κ2) is 8.53. The highest BCUT2D eigenvalue weighted by atomic mass is 16.2. The monoisotopic (exact) mass is 355 g/mol. The Morgan fingerprint density at radius 2 is 1.73 bits per heavy atom. The molecule has 4 nitrogen and oxygen atoms in total. The molecule has 0 aromatic heterocycles. The van der Waals surface area contributed by atoms with Gasteiger partial charge in [0.15, 0.2) is 0 Å². The molecular weight excluding hydrogens is 322 g/mol. The van der Waals surface area contributed by atoms with Crippen molar-refractivity contribution in [2.45, 2.75) is 62.9 Å². The number of rotatable bonds is 6. The molecule has 4 heteroatoms. The van der Waals surface area contributed by atoms with E-state index in [0.29, 0.717) is 24.4 Å². The average molecular weight is 356 g/mol. The minimum atomic E-state index is 0.369. The van der Waals surface area contributed by atoms with Crippen molar-refractivity contribution in [3.63, 3.8) is 0 Å². The standard InChI is InChI=1S/C22H33N3O/c26-22(25-12-5-2-6-13-25)11-16-24-14-9-19(10-15-24)23-21-17-20(21)18-7-3-1-4-8-18/h1,3-4,7-8,19-21,23H,2,5-6,9-17H2/t20-,21+/m0/s1. The molecule has 2 aliphatic heterocycles. The van der Waals surface area contributed by atoms with E-state index in [0.717, 1.165) is 38.6 Å². The second-order valence-electron chi connectivity index (χ2n) is 8.33. The Labute approximate surface area is 157 Å². The number of amides is 1. The average Bonchev–Trinajstić information content (AvgIpc) is 3.48. The smallest absolute Gasteiger partial charge is 0.223 e. The minimum absolute atomic E-state index is 0.369. The van der Waals surface area contributed by atoms with Crippen molar-refractivity contribution in [1.82, 2.24) is 15.1 Å². The topological polar surface area (TPSA) is 35.6 Å². The fourth-order valence-corrected chi connectivity index (χ4v) is 4.63. The van der Waals surface area contributed by atoms with Crippen molar-refractivity contribution in [2.75, 3.05) is 32.7 Å². The summed E-state index contributed by atoms with van der Waals surface area (Å²) < 4.78 is 0. The van der Waals surface area contributed by atoms with Gasteiger partial charge in [-0.3, -0.25) is 4.79 Å². The Hall–Kier alpha value is -1.39. The molecule has 0 unspecified atom stereocenters. The molecule has 0 spiro atoms. The van der Waals surface area contributed by atoms with Gasteiger partial charge in [0.05, 0.1) is 0 Å². The molecule has 0 bridgehead atoms. The summed E-state index contributed by atoms with van der Waals surface area (Å²) in [5, 5.41) is 3.88. The molecule has 0 radical (unpaired) electrons. The van der Waals surface area contributed by atoms with Crippen molar-refractivity contribution in [3.8, 4) is 0 Å². The normalized spacial score (nSPS) is 27.5. The summed E-state index contributed by atoms with van der Waals surface area (Å²) in [4.78, 5) is 16.9. The Morgan fingerprint density at radius 3 is 2.46 bits per heavy atom. The maximum absolute atomic E-state index is 12.3. The molecule has 3 aliphatic rings. The number of hydrogen-bond donors (Lipinski definition) is 1. The van der Waals surface area contributed by atoms with Crippen molar-refractivity contribution in [1.29, 1.82) is 0 Å². The molecule has 2 saturated heterocycles. The third kappa shape index (κ3) is 4.66. The van der Waals surface area contributed by atoms with Gasteiger partial charge < -0.3 is 15.1 Å². The molecule has 1 aromatic carbocycles. The van der Waals surface area contributed by atoms with E-state index in [-0.39, 0.29) is 0 Å². The van der Waals surface area contributed by atoms with Crippen LogP contribution in [0.1, 0.15) is 56.4 Å². The number of benzene rings is 1. The van der Waals surface area contributed by atoms with Gasteiger partial charge in [-0.05, 0) is 57.2 Å². The lowest BCUT2D eigenvalue weighted by molar-refractivity contribution is -0.132. The van der Waals surface area contributed by atoms with E-state index in [1.54, 1.807) is 0 Å². The van der Waals surface area contributed by atoms with Crippen LogP contribution in [0, 0.1) is 0 Å². The van der Waals surface area contributed by atoms with E-state index in [1.807, 2.05) is 0 Å². The summed E-state index contributed by atoms with van der Waals surface area (Å²) in [5.74, 6) is 1.09. The van der Waals surface area contributed by atoms with Gasteiger partial charge in [-0.2, -0.15) is 0 Å². The number of carbonyl (C=O) groups is 1. The van der Waals surface area contributed by atoms with Crippen LogP contribution in [0.15, 0.2) is 30.3 Å². The zero-order chi connectivity index (χ0) is 17.8. The van der Waals surface area contributed by atoms with Gasteiger partial charge >= 0.3 is 0 Å². The van der Waals surface area contributed by atoms with Gasteiger partial charge in [-0.1, -0.05) is 30.3 Å². The number of likely N-dealkylation sites (tertiary alicyclic amines) is 2. The zero-order valence-corrected chi connectivity index (χ0v) is 15.9. The Kier molecular flexibility index (Phi) is 5.91. The molecule has 3 fully saturated rings. The van der Waals surface area contributed by atoms with Gasteiger partial charge in [-0.15, -0.1) is 0 Å². The zero-order valence-electron chi connectivity index (χ0n) is 15.9. The molecule has 2 atom stereocenters. The van der Waals surface area contributed by atoms with E-state index in [1.165, 1.54) is 44.1 Å². The number of carbonyl (C=O) groups excluding carboxylic acids is 1. The van der Waals surface area contributed by atoms with Crippen LogP contribution in [0.3, 0.4) is 0 Å². The molecule has 2 heterocycles. The second-order valence-corrected chi connectivity index (χ2v) is 8.33. The SMILES string of the molecule is O=C(CCN1CCC(N[C@@H]2C[C@H]2c2ccccc2)CC1)N1CCCCC1. The van der Waals surface area contributed by atoms with E-state index >= 15 is 0 Å². The molecule has 4 rings (SSSR count). The first-order chi connectivity index (χ1) is 12.8. The van der Waals surface area contributed by atoms with Gasteiger partial charge in [-0.25, -0.2) is 0 Å². The first-order valence-electron chi connectivity index (χ1n) is 10.6. The fourth-order valence-electron chi connectivity index (χ4n) is 4.63. The van der Waals surface area contributed by atoms with E-state index in [4.69, 9.17) is 0 Å². The third-order valence-corrected chi connectivity index (χ3v) is 6.41. The molecule has 1 aliphatic carbocycles. The first-order valence-corrected chi connectivity index (χ1v) is 10.6. The van der Waals surface area contributed by atoms with Crippen LogP contribution in [0.2, 0.25) is 0 Å². The maximum atomic E-state index is 12.3. The summed E-state index contributed by atoms with van der Waals surface area (Å²) in [6.45, 7) is 5.17. The molecule has 1 N–H and O–H groups in total. The van der Waals surface area contributed by atoms with Gasteiger partial charge in [0.25, 0.3) is 0 Å². The molecule has 1 saturated carbocycles. The van der Waals surface area contributed by atoms with E-state index < -0.39 is 0 Å². The quantitative estimate of drug-likeness (QED) is 0.852. The van der Waals surface area contributed by atoms with Crippen molar-refractivity contribution in [3.05, 3.63) is 35.9 Å². The van der Waals surface area contributed by atoms with Gasteiger partial charge in [0.1, 0.15) is 0 Å². The van der Waals surface area contributed by atoms with Gasteiger partial charge in [0, 0.05) is 44.1 Å². The lowest BCUT2D eigenvalue weighted by Gasteiger charge is -2.33. The lowest BCUT2D eigenvalue weighted by atomic mass is 10.0. The van der Waals surface area contributed by atoms with E-state index in [2.05, 4.69) is 45.4 Å². The molecule has 26 heavy (non-hydrogen) atoms.